The van der Waals surface area contributed by atoms with Gasteiger partial charge in [-0.15, -0.1) is 0 Å². The average molecular weight is 195 g/mol. The van der Waals surface area contributed by atoms with E-state index in [1.54, 1.807) is 0 Å². The summed E-state index contributed by atoms with van der Waals surface area (Å²) < 4.78 is 29.5. The van der Waals surface area contributed by atoms with Crippen LogP contribution in [0.3, 0.4) is 0 Å². The number of alkyl halides is 2. The molecule has 0 radical (unpaired) electrons. The van der Waals surface area contributed by atoms with Crippen LogP contribution < -0.4 is 5.32 Å². The van der Waals surface area contributed by atoms with Crippen LogP contribution in [0.25, 0.3) is 0 Å². The molecule has 0 aromatic rings. The SMILES string of the molecule is O=C1OC(CNCCO)CC1(F)F. The van der Waals surface area contributed by atoms with Gasteiger partial charge in [0.2, 0.25) is 0 Å². The quantitative estimate of drug-likeness (QED) is 0.470. The van der Waals surface area contributed by atoms with Crippen molar-refractivity contribution in [3.63, 3.8) is 0 Å². The summed E-state index contributed by atoms with van der Waals surface area (Å²) in [6, 6.07) is 0. The number of aliphatic hydroxyl groups excluding tert-OH is 1. The van der Waals surface area contributed by atoms with E-state index in [1.165, 1.54) is 0 Å². The molecule has 0 amide bonds. The summed E-state index contributed by atoms with van der Waals surface area (Å²) in [5.41, 5.74) is 0. The smallest absolute Gasteiger partial charge is 0.377 e. The minimum absolute atomic E-state index is 0.0724. The fourth-order valence-electron chi connectivity index (χ4n) is 1.10. The summed E-state index contributed by atoms with van der Waals surface area (Å²) in [6.07, 6.45) is -1.36. The molecule has 1 fully saturated rings. The van der Waals surface area contributed by atoms with Gasteiger partial charge in [-0.3, -0.25) is 0 Å². The first-order valence-corrected chi connectivity index (χ1v) is 3.97. The highest BCUT2D eigenvalue weighted by atomic mass is 19.3. The second-order valence-corrected chi connectivity index (χ2v) is 2.86. The molecule has 1 heterocycles. The van der Waals surface area contributed by atoms with Crippen LogP contribution in [0.2, 0.25) is 0 Å². The van der Waals surface area contributed by atoms with E-state index in [1.807, 2.05) is 0 Å². The zero-order chi connectivity index (χ0) is 9.90. The van der Waals surface area contributed by atoms with Crippen LogP contribution in [-0.2, 0) is 9.53 Å². The third-order valence-corrected chi connectivity index (χ3v) is 1.72. The van der Waals surface area contributed by atoms with E-state index in [4.69, 9.17) is 5.11 Å². The molecular weight excluding hydrogens is 184 g/mol. The molecule has 6 heteroatoms. The van der Waals surface area contributed by atoms with Crippen molar-refractivity contribution in [3.05, 3.63) is 0 Å². The number of halogens is 2. The normalized spacial score (nSPS) is 26.1. The Kier molecular flexibility index (Phi) is 3.16. The number of rotatable bonds is 4. The second-order valence-electron chi connectivity index (χ2n) is 2.86. The van der Waals surface area contributed by atoms with Crippen molar-refractivity contribution in [1.29, 1.82) is 0 Å². The van der Waals surface area contributed by atoms with Gasteiger partial charge in [0.1, 0.15) is 6.10 Å². The molecule has 1 saturated heterocycles. The Balaban J connectivity index is 2.28. The fraction of sp³-hybridized carbons (Fsp3) is 0.857. The minimum Gasteiger partial charge on any atom is -0.456 e. The van der Waals surface area contributed by atoms with Gasteiger partial charge in [0, 0.05) is 13.1 Å². The van der Waals surface area contributed by atoms with Crippen molar-refractivity contribution in [2.75, 3.05) is 19.7 Å². The summed E-state index contributed by atoms with van der Waals surface area (Å²) in [4.78, 5) is 10.5. The van der Waals surface area contributed by atoms with Crippen LogP contribution in [0.5, 0.6) is 0 Å². The van der Waals surface area contributed by atoms with Crippen LogP contribution >= 0.6 is 0 Å². The lowest BCUT2D eigenvalue weighted by Crippen LogP contribution is -2.29. The van der Waals surface area contributed by atoms with Crippen molar-refractivity contribution in [2.24, 2.45) is 0 Å². The lowest BCUT2D eigenvalue weighted by Gasteiger charge is -2.08. The average Bonchev–Trinajstić information content (AvgIpc) is 2.27. The number of carbonyl (C=O) groups excluding carboxylic acids is 1. The number of ether oxygens (including phenoxy) is 1. The maximum atomic E-state index is 12.5. The Hall–Kier alpha value is -0.750. The number of hydrogen-bond acceptors (Lipinski definition) is 4. The molecule has 1 aliphatic heterocycles. The highest BCUT2D eigenvalue weighted by Crippen LogP contribution is 2.30. The van der Waals surface area contributed by atoms with Crippen LogP contribution in [0.1, 0.15) is 6.42 Å². The summed E-state index contributed by atoms with van der Waals surface area (Å²) in [5, 5.41) is 11.1. The van der Waals surface area contributed by atoms with Crippen LogP contribution in [0.4, 0.5) is 8.78 Å². The third-order valence-electron chi connectivity index (χ3n) is 1.72. The maximum Gasteiger partial charge on any atom is 0.377 e. The van der Waals surface area contributed by atoms with E-state index in [2.05, 4.69) is 10.1 Å². The van der Waals surface area contributed by atoms with Gasteiger partial charge in [0.05, 0.1) is 13.0 Å². The molecule has 0 spiro atoms. The van der Waals surface area contributed by atoms with Crippen molar-refractivity contribution in [3.8, 4) is 0 Å². The monoisotopic (exact) mass is 195 g/mol. The van der Waals surface area contributed by atoms with Crippen LogP contribution in [-0.4, -0.2) is 42.8 Å². The van der Waals surface area contributed by atoms with Crippen molar-refractivity contribution in [1.82, 2.24) is 5.32 Å². The number of aliphatic hydroxyl groups is 1. The van der Waals surface area contributed by atoms with Gasteiger partial charge < -0.3 is 15.2 Å². The molecular formula is C7H11F2NO3. The lowest BCUT2D eigenvalue weighted by atomic mass is 10.2. The molecule has 13 heavy (non-hydrogen) atoms. The van der Waals surface area contributed by atoms with E-state index in [0.717, 1.165) is 0 Å². The molecule has 0 aromatic carbocycles. The summed E-state index contributed by atoms with van der Waals surface area (Å²) in [7, 11) is 0. The standard InChI is InChI=1S/C7H11F2NO3/c8-7(9)3-5(13-6(7)12)4-10-1-2-11/h5,10-11H,1-4H2. The van der Waals surface area contributed by atoms with E-state index >= 15 is 0 Å². The lowest BCUT2D eigenvalue weighted by molar-refractivity contribution is -0.158. The number of esters is 1. The van der Waals surface area contributed by atoms with Crippen LogP contribution in [0.15, 0.2) is 0 Å². The first-order chi connectivity index (χ1) is 6.06. The predicted octanol–water partition coefficient (Wildman–Crippen LogP) is -0.481. The first-order valence-electron chi connectivity index (χ1n) is 3.97. The third kappa shape index (κ3) is 2.60. The Bertz CT molecular complexity index is 198. The molecule has 1 unspecified atom stereocenters. The number of nitrogens with one attached hydrogen (secondary N) is 1. The van der Waals surface area contributed by atoms with E-state index < -0.39 is 24.4 Å². The fourth-order valence-corrected chi connectivity index (χ4v) is 1.10. The number of cyclic esters (lactones) is 1. The largest absolute Gasteiger partial charge is 0.456 e. The van der Waals surface area contributed by atoms with Gasteiger partial charge in [-0.25, -0.2) is 4.79 Å². The molecule has 0 aromatic heterocycles. The Morgan fingerprint density at radius 2 is 2.38 bits per heavy atom. The number of hydrogen-bond donors (Lipinski definition) is 2. The zero-order valence-electron chi connectivity index (χ0n) is 6.93. The maximum absolute atomic E-state index is 12.5. The topological polar surface area (TPSA) is 58.6 Å². The van der Waals surface area contributed by atoms with Gasteiger partial charge in [0.15, 0.2) is 0 Å². The molecule has 76 valence electrons. The molecule has 1 rings (SSSR count). The molecule has 1 aliphatic rings. The minimum atomic E-state index is -3.34. The highest BCUT2D eigenvalue weighted by Gasteiger charge is 2.50. The molecule has 0 aliphatic carbocycles. The first kappa shape index (κ1) is 10.3. The van der Waals surface area contributed by atoms with Crippen molar-refractivity contribution >= 4 is 5.97 Å². The predicted molar refractivity (Wildman–Crippen MR) is 39.4 cm³/mol. The van der Waals surface area contributed by atoms with Gasteiger partial charge in [-0.2, -0.15) is 8.78 Å². The molecule has 0 saturated carbocycles. The van der Waals surface area contributed by atoms with Gasteiger partial charge in [-0.1, -0.05) is 0 Å². The summed E-state index contributed by atoms with van der Waals surface area (Å²) >= 11 is 0. The van der Waals surface area contributed by atoms with Gasteiger partial charge in [0.25, 0.3) is 0 Å². The zero-order valence-corrected chi connectivity index (χ0v) is 6.93. The van der Waals surface area contributed by atoms with Gasteiger partial charge >= 0.3 is 11.9 Å². The molecule has 4 nitrogen and oxygen atoms in total. The summed E-state index contributed by atoms with van der Waals surface area (Å²) in [5.74, 6) is -4.80. The summed E-state index contributed by atoms with van der Waals surface area (Å²) in [6.45, 7) is 0.387. The Morgan fingerprint density at radius 1 is 1.69 bits per heavy atom. The second kappa shape index (κ2) is 3.97. The van der Waals surface area contributed by atoms with E-state index in [0.29, 0.717) is 6.54 Å². The molecule has 2 N–H and O–H groups in total. The Morgan fingerprint density at radius 3 is 2.85 bits per heavy atom. The van der Waals surface area contributed by atoms with Crippen molar-refractivity contribution in [2.45, 2.75) is 18.4 Å². The van der Waals surface area contributed by atoms with E-state index in [-0.39, 0.29) is 13.2 Å². The highest BCUT2D eigenvalue weighted by molar-refractivity contribution is 5.79. The molecule has 1 atom stereocenters. The number of carbonyl (C=O) groups is 1. The Labute approximate surface area is 73.9 Å². The molecule has 0 bridgehead atoms. The van der Waals surface area contributed by atoms with Crippen molar-refractivity contribution < 1.29 is 23.4 Å². The van der Waals surface area contributed by atoms with Gasteiger partial charge in [-0.05, 0) is 0 Å². The van der Waals surface area contributed by atoms with Crippen LogP contribution in [0, 0.1) is 0 Å². The van der Waals surface area contributed by atoms with E-state index in [9.17, 15) is 13.6 Å².